The molecular formula is C15H18N2. The highest BCUT2D eigenvalue weighted by atomic mass is 14.8. The van der Waals surface area contributed by atoms with Gasteiger partial charge in [-0.2, -0.15) is 0 Å². The summed E-state index contributed by atoms with van der Waals surface area (Å²) in [7, 11) is 0. The predicted molar refractivity (Wildman–Crippen MR) is 72.0 cm³/mol. The van der Waals surface area contributed by atoms with E-state index >= 15 is 0 Å². The summed E-state index contributed by atoms with van der Waals surface area (Å²) in [5.41, 5.74) is 12.0. The zero-order valence-corrected chi connectivity index (χ0v) is 10.2. The van der Waals surface area contributed by atoms with Crippen LogP contribution >= 0.6 is 0 Å². The molecule has 1 atom stereocenters. The Labute approximate surface area is 102 Å². The van der Waals surface area contributed by atoms with Crippen molar-refractivity contribution in [2.24, 2.45) is 5.73 Å². The Morgan fingerprint density at radius 2 is 2.29 bits per heavy atom. The maximum absolute atomic E-state index is 5.92. The third-order valence-corrected chi connectivity index (χ3v) is 3.81. The van der Waals surface area contributed by atoms with Gasteiger partial charge in [-0.05, 0) is 43.9 Å². The fourth-order valence-corrected chi connectivity index (χ4v) is 2.95. The number of nitrogens with two attached hydrogens (primary N) is 1. The van der Waals surface area contributed by atoms with Gasteiger partial charge < -0.3 is 10.7 Å². The number of benzene rings is 1. The van der Waals surface area contributed by atoms with Crippen molar-refractivity contribution in [1.29, 1.82) is 0 Å². The minimum atomic E-state index is 0.312. The first kappa shape index (κ1) is 10.5. The minimum absolute atomic E-state index is 0.312. The monoisotopic (exact) mass is 226 g/mol. The predicted octanol–water partition coefficient (Wildman–Crippen LogP) is 3.37. The lowest BCUT2D eigenvalue weighted by atomic mass is 9.85. The number of hydrogen-bond donors (Lipinski definition) is 2. The van der Waals surface area contributed by atoms with Crippen LogP contribution in [0.3, 0.4) is 0 Å². The molecule has 1 unspecified atom stereocenters. The van der Waals surface area contributed by atoms with Gasteiger partial charge in [0.25, 0.3) is 0 Å². The number of fused-ring (bicyclic) bond motifs is 3. The molecule has 1 aliphatic carbocycles. The van der Waals surface area contributed by atoms with Gasteiger partial charge in [-0.1, -0.05) is 18.2 Å². The molecule has 0 fully saturated rings. The first-order valence-corrected chi connectivity index (χ1v) is 6.22. The summed E-state index contributed by atoms with van der Waals surface area (Å²) in [6, 6.07) is 6.59. The van der Waals surface area contributed by atoms with Crippen molar-refractivity contribution < 1.29 is 0 Å². The topological polar surface area (TPSA) is 41.8 Å². The van der Waals surface area contributed by atoms with Crippen LogP contribution in [0.1, 0.15) is 35.6 Å². The van der Waals surface area contributed by atoms with E-state index in [0.29, 0.717) is 5.92 Å². The van der Waals surface area contributed by atoms with E-state index in [1.165, 1.54) is 34.1 Å². The highest BCUT2D eigenvalue weighted by Gasteiger charge is 2.24. The Kier molecular flexibility index (Phi) is 2.25. The molecule has 1 aromatic heterocycles. The molecule has 88 valence electrons. The number of nitrogens with one attached hydrogen (secondary N) is 1. The first-order valence-electron chi connectivity index (χ1n) is 6.22. The fraction of sp³-hybridized carbons (Fsp3) is 0.333. The Morgan fingerprint density at radius 3 is 3.06 bits per heavy atom. The maximum atomic E-state index is 5.92. The zero-order valence-electron chi connectivity index (χ0n) is 10.2. The molecule has 17 heavy (non-hydrogen) atoms. The molecule has 0 amide bonds. The largest absolute Gasteiger partial charge is 0.402 e. The van der Waals surface area contributed by atoms with Gasteiger partial charge in [0.05, 0.1) is 0 Å². The smallest absolute Gasteiger partial charge is 0.0459 e. The van der Waals surface area contributed by atoms with Gasteiger partial charge in [0.1, 0.15) is 0 Å². The number of aryl methyl sites for hydroxylation is 2. The Hall–Kier alpha value is -1.70. The zero-order chi connectivity index (χ0) is 12.0. The van der Waals surface area contributed by atoms with Crippen LogP contribution < -0.4 is 5.73 Å². The minimum Gasteiger partial charge on any atom is -0.402 e. The molecule has 0 bridgehead atoms. The van der Waals surface area contributed by atoms with Crippen molar-refractivity contribution in [2.45, 2.75) is 32.1 Å². The van der Waals surface area contributed by atoms with Gasteiger partial charge in [-0.15, -0.1) is 0 Å². The lowest BCUT2D eigenvalue weighted by Gasteiger charge is -2.22. The van der Waals surface area contributed by atoms with E-state index < -0.39 is 0 Å². The van der Waals surface area contributed by atoms with E-state index in [0.717, 1.165) is 18.5 Å². The van der Waals surface area contributed by atoms with Crippen LogP contribution in [0.25, 0.3) is 10.9 Å². The van der Waals surface area contributed by atoms with Gasteiger partial charge in [-0.25, -0.2) is 0 Å². The normalized spacial score (nSPS) is 19.2. The maximum Gasteiger partial charge on any atom is 0.0459 e. The first-order chi connectivity index (χ1) is 8.16. The van der Waals surface area contributed by atoms with Crippen LogP contribution in [-0.2, 0) is 6.42 Å². The third-order valence-electron chi connectivity index (χ3n) is 3.81. The molecule has 0 aliphatic heterocycles. The average Bonchev–Trinajstić information content (AvgIpc) is 2.66. The second kappa shape index (κ2) is 3.66. The summed E-state index contributed by atoms with van der Waals surface area (Å²) in [6.07, 6.45) is 3.48. The van der Waals surface area contributed by atoms with Gasteiger partial charge in [0.15, 0.2) is 0 Å². The van der Waals surface area contributed by atoms with E-state index in [1.807, 2.05) is 0 Å². The van der Waals surface area contributed by atoms with Crippen molar-refractivity contribution >= 4 is 10.9 Å². The number of H-pyrrole nitrogens is 1. The number of rotatable bonds is 1. The lowest BCUT2D eigenvalue weighted by Crippen LogP contribution is -2.15. The molecule has 0 spiro atoms. The van der Waals surface area contributed by atoms with Gasteiger partial charge in [0, 0.05) is 28.2 Å². The third kappa shape index (κ3) is 1.55. The summed E-state index contributed by atoms with van der Waals surface area (Å²) in [5, 5.41) is 1.37. The SMILES string of the molecule is C=C(N)C1CCCc2c1[nH]c1ccc(C)cc21. The number of aromatic nitrogens is 1. The highest BCUT2D eigenvalue weighted by Crippen LogP contribution is 2.38. The molecule has 2 nitrogen and oxygen atoms in total. The van der Waals surface area contributed by atoms with Crippen LogP contribution in [0.4, 0.5) is 0 Å². The molecule has 3 N–H and O–H groups in total. The summed E-state index contributed by atoms with van der Waals surface area (Å²) >= 11 is 0. The highest BCUT2D eigenvalue weighted by molar-refractivity contribution is 5.86. The van der Waals surface area contributed by atoms with E-state index in [4.69, 9.17) is 5.73 Å². The van der Waals surface area contributed by atoms with E-state index in [-0.39, 0.29) is 0 Å². The number of hydrogen-bond acceptors (Lipinski definition) is 1. The standard InChI is InChI=1S/C15H18N2/c1-9-6-7-14-13(8-9)12-5-3-4-11(10(2)16)15(12)17-14/h6-8,11,17H,2-5,16H2,1H3. The quantitative estimate of drug-likeness (QED) is 0.769. The molecule has 0 saturated heterocycles. The van der Waals surface area contributed by atoms with Crippen molar-refractivity contribution in [3.05, 3.63) is 47.3 Å². The molecule has 2 aromatic rings. The molecule has 3 rings (SSSR count). The molecule has 1 aromatic carbocycles. The second-order valence-corrected chi connectivity index (χ2v) is 5.09. The summed E-state index contributed by atoms with van der Waals surface area (Å²) in [5.74, 6) is 0.312. The summed E-state index contributed by atoms with van der Waals surface area (Å²) in [4.78, 5) is 3.53. The molecule has 1 heterocycles. The number of allylic oxidation sites excluding steroid dienone is 1. The van der Waals surface area contributed by atoms with Crippen LogP contribution in [0.5, 0.6) is 0 Å². The molecule has 0 radical (unpaired) electrons. The number of aromatic amines is 1. The molecular weight excluding hydrogens is 208 g/mol. The van der Waals surface area contributed by atoms with E-state index in [1.54, 1.807) is 0 Å². The van der Waals surface area contributed by atoms with Crippen LogP contribution in [-0.4, -0.2) is 4.98 Å². The molecule has 0 saturated carbocycles. The molecule has 1 aliphatic rings. The fourth-order valence-electron chi connectivity index (χ4n) is 2.95. The van der Waals surface area contributed by atoms with Crippen molar-refractivity contribution in [1.82, 2.24) is 4.98 Å². The summed E-state index contributed by atoms with van der Waals surface area (Å²) in [6.45, 7) is 6.06. The lowest BCUT2D eigenvalue weighted by molar-refractivity contribution is 0.597. The van der Waals surface area contributed by atoms with Crippen LogP contribution in [0.2, 0.25) is 0 Å². The second-order valence-electron chi connectivity index (χ2n) is 5.09. The van der Waals surface area contributed by atoms with Crippen LogP contribution in [0, 0.1) is 6.92 Å². The van der Waals surface area contributed by atoms with E-state index in [9.17, 15) is 0 Å². The van der Waals surface area contributed by atoms with Crippen LogP contribution in [0.15, 0.2) is 30.5 Å². The van der Waals surface area contributed by atoms with Gasteiger partial charge in [-0.3, -0.25) is 0 Å². The van der Waals surface area contributed by atoms with E-state index in [2.05, 4.69) is 36.7 Å². The Morgan fingerprint density at radius 1 is 1.47 bits per heavy atom. The Balaban J connectivity index is 2.25. The van der Waals surface area contributed by atoms with Crippen molar-refractivity contribution in [2.75, 3.05) is 0 Å². The average molecular weight is 226 g/mol. The van der Waals surface area contributed by atoms with Crippen molar-refractivity contribution in [3.8, 4) is 0 Å². The summed E-state index contributed by atoms with van der Waals surface area (Å²) < 4.78 is 0. The Bertz CT molecular complexity index is 592. The van der Waals surface area contributed by atoms with Gasteiger partial charge in [0.2, 0.25) is 0 Å². The van der Waals surface area contributed by atoms with Crippen molar-refractivity contribution in [3.63, 3.8) is 0 Å². The van der Waals surface area contributed by atoms with Gasteiger partial charge >= 0.3 is 0 Å². The molecule has 2 heteroatoms.